The van der Waals surface area contributed by atoms with E-state index in [1.54, 1.807) is 0 Å². The normalized spacial score (nSPS) is 10.0. The molecule has 0 saturated heterocycles. The summed E-state index contributed by atoms with van der Waals surface area (Å²) in [4.78, 5) is 8.97. The van der Waals surface area contributed by atoms with E-state index in [0.29, 0.717) is 6.20 Å². The minimum atomic E-state index is -1.55. The highest BCUT2D eigenvalue weighted by Gasteiger charge is 2.29. The van der Waals surface area contributed by atoms with E-state index in [4.69, 9.17) is 16.7 Å². The van der Waals surface area contributed by atoms with Gasteiger partial charge in [-0.1, -0.05) is 0 Å². The summed E-state index contributed by atoms with van der Waals surface area (Å²) in [5.74, 6) is -2.62. The van der Waals surface area contributed by atoms with Crippen molar-refractivity contribution in [1.29, 1.82) is 0 Å². The van der Waals surface area contributed by atoms with Crippen molar-refractivity contribution in [3.63, 3.8) is 0 Å². The van der Waals surface area contributed by atoms with E-state index in [-0.39, 0.29) is 4.73 Å². The predicted octanol–water partition coefficient (Wildman–Crippen LogP) is 0.726. The molecule has 1 aromatic rings. The van der Waals surface area contributed by atoms with Gasteiger partial charge in [0.2, 0.25) is 6.20 Å². The molecule has 0 amide bonds. The quantitative estimate of drug-likeness (QED) is 0.242. The molecule has 0 aliphatic carbocycles. The third-order valence-electron chi connectivity index (χ3n) is 1.25. The molecule has 0 fully saturated rings. The summed E-state index contributed by atoms with van der Waals surface area (Å²) in [6.07, 6.45) is 0.406. The average Bonchev–Trinajstić information content (AvgIpc) is 1.99. The smallest absolute Gasteiger partial charge is 0.360 e. The van der Waals surface area contributed by atoms with E-state index in [1.165, 1.54) is 0 Å². The second kappa shape index (κ2) is 3.02. The predicted molar refractivity (Wildman–Crippen MR) is 38.7 cm³/mol. The van der Waals surface area contributed by atoms with Crippen molar-refractivity contribution in [3.8, 4) is 5.75 Å². The summed E-state index contributed by atoms with van der Waals surface area (Å²) in [6, 6.07) is 0. The number of aromatic nitrogens is 1. The monoisotopic (exact) mass is 208 g/mol. The van der Waals surface area contributed by atoms with Gasteiger partial charge in [-0.15, -0.1) is 0 Å². The maximum atomic E-state index is 12.8. The van der Waals surface area contributed by atoms with Crippen molar-refractivity contribution in [3.05, 3.63) is 32.5 Å². The first kappa shape index (κ1) is 9.46. The van der Waals surface area contributed by atoms with Crippen LogP contribution in [0.1, 0.15) is 0 Å². The number of rotatable bonds is 1. The molecule has 0 bridgehead atoms. The van der Waals surface area contributed by atoms with Crippen LogP contribution in [0.5, 0.6) is 5.75 Å². The van der Waals surface area contributed by atoms with Crippen LogP contribution in [0.3, 0.4) is 0 Å². The van der Waals surface area contributed by atoms with Crippen LogP contribution in [0.15, 0.2) is 6.20 Å². The Morgan fingerprint density at radius 1 is 1.69 bits per heavy atom. The van der Waals surface area contributed by atoms with Gasteiger partial charge in [0, 0.05) is 0 Å². The van der Waals surface area contributed by atoms with E-state index in [1.807, 2.05) is 0 Å². The first-order valence-electron chi connectivity index (χ1n) is 2.89. The molecule has 0 radical (unpaired) electrons. The lowest BCUT2D eigenvalue weighted by molar-refractivity contribution is -0.606. The molecule has 0 spiro atoms. The van der Waals surface area contributed by atoms with Gasteiger partial charge < -0.3 is 10.3 Å². The number of nitro groups is 1. The van der Waals surface area contributed by atoms with Crippen LogP contribution in [0.4, 0.5) is 10.1 Å². The summed E-state index contributed by atoms with van der Waals surface area (Å²) in [7, 11) is 0. The Bertz CT molecular complexity index is 383. The minimum absolute atomic E-state index is 0.209. The van der Waals surface area contributed by atoms with Crippen molar-refractivity contribution in [2.45, 2.75) is 0 Å². The van der Waals surface area contributed by atoms with Crippen molar-refractivity contribution in [1.82, 2.24) is 0 Å². The fraction of sp³-hybridized carbons (Fsp3) is 0. The Balaban J connectivity index is 3.53. The summed E-state index contributed by atoms with van der Waals surface area (Å²) in [5.41, 5.74) is -1.21. The highest BCUT2D eigenvalue weighted by atomic mass is 35.5. The Morgan fingerprint density at radius 2 is 2.23 bits per heavy atom. The van der Waals surface area contributed by atoms with E-state index >= 15 is 0 Å². The van der Waals surface area contributed by atoms with Crippen molar-refractivity contribution in [2.24, 2.45) is 0 Å². The molecule has 1 rings (SSSR count). The number of hydrogen-bond donors (Lipinski definition) is 1. The summed E-state index contributed by atoms with van der Waals surface area (Å²) < 4.78 is 12.6. The van der Waals surface area contributed by atoms with Crippen LogP contribution in [-0.2, 0) is 0 Å². The van der Waals surface area contributed by atoms with Gasteiger partial charge in [0.15, 0.2) is 0 Å². The molecule has 1 aromatic heterocycles. The molecule has 0 aromatic carbocycles. The van der Waals surface area contributed by atoms with Crippen LogP contribution in [-0.4, -0.2) is 10.0 Å². The van der Waals surface area contributed by atoms with Gasteiger partial charge in [0.25, 0.3) is 11.6 Å². The van der Waals surface area contributed by atoms with Gasteiger partial charge >= 0.3 is 10.8 Å². The van der Waals surface area contributed by atoms with Crippen LogP contribution in [0.25, 0.3) is 0 Å². The van der Waals surface area contributed by atoms with Crippen molar-refractivity contribution < 1.29 is 19.2 Å². The standard InChI is InChI=1S/C5H2ClFN2O4/c6-5-3(7)4(9(12)13)2(10)1-8(5)11/h1,10H. The molecule has 0 unspecified atom stereocenters. The number of aromatic hydroxyl groups is 1. The zero-order valence-electron chi connectivity index (χ0n) is 5.90. The zero-order chi connectivity index (χ0) is 10.2. The summed E-state index contributed by atoms with van der Waals surface area (Å²) >= 11 is 5.06. The van der Waals surface area contributed by atoms with Crippen molar-refractivity contribution >= 4 is 17.3 Å². The van der Waals surface area contributed by atoms with Crippen LogP contribution >= 0.6 is 11.6 Å². The largest absolute Gasteiger partial charge is 0.617 e. The number of halogens is 2. The lowest BCUT2D eigenvalue weighted by Crippen LogP contribution is -2.28. The molecular formula is C5H2ClFN2O4. The van der Waals surface area contributed by atoms with Crippen molar-refractivity contribution in [2.75, 3.05) is 0 Å². The molecule has 0 aliphatic heterocycles. The fourth-order valence-electron chi connectivity index (χ4n) is 0.709. The van der Waals surface area contributed by atoms with E-state index in [9.17, 15) is 19.7 Å². The van der Waals surface area contributed by atoms with Gasteiger partial charge in [-0.25, -0.2) is 0 Å². The number of nitrogens with zero attached hydrogens (tertiary/aromatic N) is 2. The molecule has 1 heterocycles. The van der Waals surface area contributed by atoms with Gasteiger partial charge in [-0.3, -0.25) is 10.1 Å². The zero-order valence-corrected chi connectivity index (χ0v) is 6.66. The van der Waals surface area contributed by atoms with Crippen LogP contribution in [0, 0.1) is 21.1 Å². The first-order valence-corrected chi connectivity index (χ1v) is 3.27. The Labute approximate surface area is 75.5 Å². The third kappa shape index (κ3) is 1.45. The van der Waals surface area contributed by atoms with Gasteiger partial charge in [0.05, 0.1) is 4.92 Å². The second-order valence-electron chi connectivity index (χ2n) is 2.05. The van der Waals surface area contributed by atoms with E-state index in [2.05, 4.69) is 0 Å². The fourth-order valence-corrected chi connectivity index (χ4v) is 0.848. The minimum Gasteiger partial charge on any atom is -0.617 e. The maximum Gasteiger partial charge on any atom is 0.360 e. The van der Waals surface area contributed by atoms with E-state index in [0.717, 1.165) is 0 Å². The maximum absolute atomic E-state index is 12.8. The molecule has 6 nitrogen and oxygen atoms in total. The summed E-state index contributed by atoms with van der Waals surface area (Å²) in [5, 5.41) is 28.6. The van der Waals surface area contributed by atoms with E-state index < -0.39 is 27.3 Å². The third-order valence-corrected chi connectivity index (χ3v) is 1.58. The van der Waals surface area contributed by atoms with Gasteiger partial charge in [-0.05, 0) is 11.6 Å². The van der Waals surface area contributed by atoms with Gasteiger partial charge in [0.1, 0.15) is 0 Å². The highest BCUT2D eigenvalue weighted by Crippen LogP contribution is 2.29. The SMILES string of the molecule is O=[N+]([O-])c1c(O)c[n+]([O-])c(Cl)c1F. The molecule has 0 saturated carbocycles. The topological polar surface area (TPSA) is 90.3 Å². The van der Waals surface area contributed by atoms with Gasteiger partial charge in [-0.2, -0.15) is 9.12 Å². The highest BCUT2D eigenvalue weighted by molar-refractivity contribution is 6.28. The molecule has 13 heavy (non-hydrogen) atoms. The number of hydrogen-bond acceptors (Lipinski definition) is 4. The molecular weight excluding hydrogens is 207 g/mol. The van der Waals surface area contributed by atoms with Crippen LogP contribution < -0.4 is 4.73 Å². The molecule has 0 aliphatic rings. The van der Waals surface area contributed by atoms with Crippen LogP contribution in [0.2, 0.25) is 5.15 Å². The molecule has 8 heteroatoms. The molecule has 1 N–H and O–H groups in total. The Kier molecular flexibility index (Phi) is 2.20. The summed E-state index contributed by atoms with van der Waals surface area (Å²) in [6.45, 7) is 0. The second-order valence-corrected chi connectivity index (χ2v) is 2.41. The average molecular weight is 209 g/mol. The number of pyridine rings is 1. The Hall–Kier alpha value is -1.63. The first-order chi connectivity index (χ1) is 5.95. The lowest BCUT2D eigenvalue weighted by Gasteiger charge is -2.00. The Morgan fingerprint density at radius 3 is 2.69 bits per heavy atom. The lowest BCUT2D eigenvalue weighted by atomic mass is 10.4. The molecule has 70 valence electrons. The molecule has 0 atom stereocenters.